The van der Waals surface area contributed by atoms with Gasteiger partial charge >= 0.3 is 0 Å². The van der Waals surface area contributed by atoms with Crippen molar-refractivity contribution in [1.82, 2.24) is 4.57 Å². The molecule has 2 unspecified atom stereocenters. The lowest BCUT2D eigenvalue weighted by Gasteiger charge is -2.29. The molecule has 0 aliphatic carbocycles. The van der Waals surface area contributed by atoms with Crippen LogP contribution in [0.25, 0.3) is 22.0 Å². The van der Waals surface area contributed by atoms with E-state index in [0.717, 1.165) is 51.6 Å². The molecule has 3 heterocycles. The van der Waals surface area contributed by atoms with Crippen molar-refractivity contribution in [3.8, 4) is 16.9 Å². The van der Waals surface area contributed by atoms with E-state index < -0.39 is 0 Å². The second kappa shape index (κ2) is 11.3. The van der Waals surface area contributed by atoms with E-state index in [2.05, 4.69) is 18.2 Å². The first kappa shape index (κ1) is 25.2. The van der Waals surface area contributed by atoms with E-state index in [0.29, 0.717) is 25.5 Å². The lowest BCUT2D eigenvalue weighted by molar-refractivity contribution is -0.0599. The van der Waals surface area contributed by atoms with Crippen molar-refractivity contribution in [2.45, 2.75) is 38.2 Å². The molecule has 1 saturated heterocycles. The van der Waals surface area contributed by atoms with Crippen LogP contribution in [-0.2, 0) is 22.6 Å². The maximum absolute atomic E-state index is 13.3. The van der Waals surface area contributed by atoms with Crippen LogP contribution in [-0.4, -0.2) is 24.4 Å². The summed E-state index contributed by atoms with van der Waals surface area (Å²) in [4.78, 5) is 13.3. The van der Waals surface area contributed by atoms with Crippen LogP contribution in [0, 0.1) is 0 Å². The minimum atomic E-state index is -0.0748. The number of furan rings is 1. The summed E-state index contributed by atoms with van der Waals surface area (Å²) in [5.74, 6) is 0.701. The smallest absolute Gasteiger partial charge is 0.251 e. The zero-order valence-corrected chi connectivity index (χ0v) is 21.9. The Labute approximate surface area is 227 Å². The van der Waals surface area contributed by atoms with Gasteiger partial charge in [0, 0.05) is 43.2 Å². The standard InChI is InChI=1S/C33H31NO5/c1-36-27-13-15-38-32(18-27)25-9-5-8-24(16-25)21-39-28-10-11-29-30(26-12-14-37-22-26)19-33(35)34(31(29)17-28)20-23-6-3-2-4-7-23/h2-12,14,16-17,19,22,27,32H,13,15,18,20-21H2,1H3. The first-order valence-electron chi connectivity index (χ1n) is 13.3. The van der Waals surface area contributed by atoms with Gasteiger partial charge in [-0.2, -0.15) is 0 Å². The Morgan fingerprint density at radius 2 is 1.82 bits per heavy atom. The van der Waals surface area contributed by atoms with E-state index >= 15 is 0 Å². The summed E-state index contributed by atoms with van der Waals surface area (Å²) in [7, 11) is 1.76. The third kappa shape index (κ3) is 5.53. The SMILES string of the molecule is COC1CCOC(c2cccc(COc3ccc4c(-c5ccoc5)cc(=O)n(Cc5ccccc5)c4c3)c2)C1. The van der Waals surface area contributed by atoms with Gasteiger partial charge in [0.05, 0.1) is 36.8 Å². The molecule has 6 nitrogen and oxygen atoms in total. The lowest BCUT2D eigenvalue weighted by Crippen LogP contribution is -2.25. The molecule has 6 rings (SSSR count). The Bertz CT molecular complexity index is 1610. The second-order valence-electron chi connectivity index (χ2n) is 9.93. The van der Waals surface area contributed by atoms with Crippen LogP contribution >= 0.6 is 0 Å². The topological polar surface area (TPSA) is 62.8 Å². The highest BCUT2D eigenvalue weighted by molar-refractivity contribution is 5.95. The summed E-state index contributed by atoms with van der Waals surface area (Å²) >= 11 is 0. The Hall–Kier alpha value is -4.13. The molecule has 198 valence electrons. The fourth-order valence-corrected chi connectivity index (χ4v) is 5.30. The summed E-state index contributed by atoms with van der Waals surface area (Å²) in [6.07, 6.45) is 5.31. The average molecular weight is 522 g/mol. The maximum atomic E-state index is 13.3. The minimum Gasteiger partial charge on any atom is -0.489 e. The Morgan fingerprint density at radius 1 is 0.949 bits per heavy atom. The highest BCUT2D eigenvalue weighted by Gasteiger charge is 2.24. The molecule has 0 radical (unpaired) electrons. The number of fused-ring (bicyclic) bond motifs is 1. The van der Waals surface area contributed by atoms with E-state index in [1.807, 2.05) is 60.7 Å². The molecule has 5 aromatic rings. The molecule has 39 heavy (non-hydrogen) atoms. The zero-order chi connectivity index (χ0) is 26.6. The maximum Gasteiger partial charge on any atom is 0.251 e. The Morgan fingerprint density at radius 3 is 2.64 bits per heavy atom. The third-order valence-corrected chi connectivity index (χ3v) is 7.40. The van der Waals surface area contributed by atoms with Crippen molar-refractivity contribution in [3.63, 3.8) is 0 Å². The van der Waals surface area contributed by atoms with Crippen LogP contribution in [0.15, 0.2) is 107 Å². The number of benzene rings is 3. The van der Waals surface area contributed by atoms with E-state index in [9.17, 15) is 4.79 Å². The molecule has 2 atom stereocenters. The molecule has 3 aromatic carbocycles. The van der Waals surface area contributed by atoms with E-state index in [4.69, 9.17) is 18.6 Å². The predicted molar refractivity (Wildman–Crippen MR) is 151 cm³/mol. The van der Waals surface area contributed by atoms with Crippen LogP contribution in [0.5, 0.6) is 5.75 Å². The van der Waals surface area contributed by atoms with Crippen molar-refractivity contribution >= 4 is 10.9 Å². The Kier molecular flexibility index (Phi) is 7.30. The van der Waals surface area contributed by atoms with Crippen LogP contribution in [0.3, 0.4) is 0 Å². The number of pyridine rings is 1. The van der Waals surface area contributed by atoms with Gasteiger partial charge in [-0.3, -0.25) is 4.79 Å². The van der Waals surface area contributed by atoms with Gasteiger partial charge in [-0.25, -0.2) is 0 Å². The first-order valence-corrected chi connectivity index (χ1v) is 13.3. The monoisotopic (exact) mass is 521 g/mol. The second-order valence-corrected chi connectivity index (χ2v) is 9.93. The summed E-state index contributed by atoms with van der Waals surface area (Å²) in [5.41, 5.74) is 5.71. The van der Waals surface area contributed by atoms with E-state index in [1.165, 1.54) is 0 Å². The number of aromatic nitrogens is 1. The largest absolute Gasteiger partial charge is 0.489 e. The van der Waals surface area contributed by atoms with Crippen LogP contribution < -0.4 is 10.3 Å². The van der Waals surface area contributed by atoms with Gasteiger partial charge in [0.15, 0.2) is 0 Å². The Balaban J connectivity index is 1.30. The highest BCUT2D eigenvalue weighted by atomic mass is 16.5. The molecule has 0 saturated carbocycles. The van der Waals surface area contributed by atoms with Crippen molar-refractivity contribution < 1.29 is 18.6 Å². The zero-order valence-electron chi connectivity index (χ0n) is 21.9. The average Bonchev–Trinajstić information content (AvgIpc) is 3.53. The van der Waals surface area contributed by atoms with Gasteiger partial charge in [-0.15, -0.1) is 0 Å². The number of nitrogens with zero attached hydrogens (tertiary/aromatic N) is 1. The first-order chi connectivity index (χ1) is 19.2. The fourth-order valence-electron chi connectivity index (χ4n) is 5.30. The van der Waals surface area contributed by atoms with Gasteiger partial charge in [-0.05, 0) is 52.9 Å². The van der Waals surface area contributed by atoms with Gasteiger partial charge in [0.25, 0.3) is 5.56 Å². The summed E-state index contributed by atoms with van der Waals surface area (Å²) in [5, 5.41) is 0.962. The molecule has 0 amide bonds. The summed E-state index contributed by atoms with van der Waals surface area (Å²) in [6, 6.07) is 27.8. The molecule has 1 fully saturated rings. The van der Waals surface area contributed by atoms with Gasteiger partial charge < -0.3 is 23.2 Å². The third-order valence-electron chi connectivity index (χ3n) is 7.40. The number of methoxy groups -OCH3 is 1. The predicted octanol–water partition coefficient (Wildman–Crippen LogP) is 6.76. The van der Waals surface area contributed by atoms with Gasteiger partial charge in [0.2, 0.25) is 0 Å². The van der Waals surface area contributed by atoms with Gasteiger partial charge in [-0.1, -0.05) is 48.5 Å². The molecule has 0 spiro atoms. The molecular weight excluding hydrogens is 490 g/mol. The quantitative estimate of drug-likeness (QED) is 0.226. The summed E-state index contributed by atoms with van der Waals surface area (Å²) < 4.78 is 25.0. The minimum absolute atomic E-state index is 0.0260. The molecular formula is C33H31NO5. The molecule has 0 N–H and O–H groups in total. The van der Waals surface area contributed by atoms with Crippen molar-refractivity contribution in [1.29, 1.82) is 0 Å². The molecule has 2 aromatic heterocycles. The van der Waals surface area contributed by atoms with Crippen LogP contribution in [0.2, 0.25) is 0 Å². The van der Waals surface area contributed by atoms with Crippen LogP contribution in [0.4, 0.5) is 0 Å². The number of hydrogen-bond acceptors (Lipinski definition) is 5. The number of hydrogen-bond donors (Lipinski definition) is 0. The molecule has 6 heteroatoms. The lowest BCUT2D eigenvalue weighted by atomic mass is 9.98. The van der Waals surface area contributed by atoms with E-state index in [-0.39, 0.29) is 17.8 Å². The number of ether oxygens (including phenoxy) is 3. The van der Waals surface area contributed by atoms with Gasteiger partial charge in [0.1, 0.15) is 12.4 Å². The van der Waals surface area contributed by atoms with Crippen molar-refractivity contribution in [3.05, 3.63) is 124 Å². The van der Waals surface area contributed by atoms with Crippen LogP contribution in [0.1, 0.15) is 35.6 Å². The molecule has 1 aliphatic heterocycles. The fraction of sp³-hybridized carbons (Fsp3) is 0.242. The van der Waals surface area contributed by atoms with Crippen molar-refractivity contribution in [2.24, 2.45) is 0 Å². The molecule has 1 aliphatic rings. The van der Waals surface area contributed by atoms with E-state index in [1.54, 1.807) is 30.3 Å². The number of rotatable bonds is 8. The molecule has 0 bridgehead atoms. The normalized spacial score (nSPS) is 17.4. The summed E-state index contributed by atoms with van der Waals surface area (Å²) in [6.45, 7) is 1.58. The highest BCUT2D eigenvalue weighted by Crippen LogP contribution is 2.32. The van der Waals surface area contributed by atoms with Crippen molar-refractivity contribution in [2.75, 3.05) is 13.7 Å².